The van der Waals surface area contributed by atoms with Crippen molar-refractivity contribution < 1.29 is 33.0 Å². The van der Waals surface area contributed by atoms with E-state index in [0.717, 1.165) is 0 Å². The van der Waals surface area contributed by atoms with Crippen molar-refractivity contribution in [2.75, 3.05) is 12.8 Å². The molecule has 0 spiro atoms. The summed E-state index contributed by atoms with van der Waals surface area (Å²) in [6.07, 6.45) is -2.21. The third-order valence-corrected chi connectivity index (χ3v) is 8.20. The van der Waals surface area contributed by atoms with Crippen molar-refractivity contribution in [2.45, 2.75) is 57.6 Å². The Morgan fingerprint density at radius 2 is 1.97 bits per heavy atom. The topological polar surface area (TPSA) is 129 Å². The molecule has 0 radical (unpaired) electrons. The summed E-state index contributed by atoms with van der Waals surface area (Å²) < 4.78 is 37.8. The number of aliphatic hydroxyl groups excluding tert-OH is 1. The highest BCUT2D eigenvalue weighted by atomic mass is 35.5. The molecule has 1 aliphatic rings. The molecule has 2 unspecified atom stereocenters. The number of ether oxygens (including phenoxy) is 2. The predicted octanol–water partition coefficient (Wildman–Crippen LogP) is 3.96. The smallest absolute Gasteiger partial charge is 0.380 e. The molecule has 2 heterocycles. The van der Waals surface area contributed by atoms with Crippen LogP contribution in [0.25, 0.3) is 0 Å². The second-order valence-electron chi connectivity index (χ2n) is 8.86. The number of aromatic amines is 1. The molecular formula is C23H30ClN2O8PS. The maximum atomic E-state index is 13.7. The number of aryl methyl sites for hydroxylation is 1. The van der Waals surface area contributed by atoms with Crippen LogP contribution in [0.15, 0.2) is 41.3 Å². The van der Waals surface area contributed by atoms with Gasteiger partial charge in [-0.15, -0.1) is 11.6 Å². The van der Waals surface area contributed by atoms with Crippen molar-refractivity contribution in [3.8, 4) is 5.75 Å². The normalized spacial score (nSPS) is 24.3. The number of nitrogens with zero attached hydrogens (tertiary/aromatic N) is 1. The minimum absolute atomic E-state index is 0.0746. The van der Waals surface area contributed by atoms with Crippen LogP contribution in [0.5, 0.6) is 5.75 Å². The van der Waals surface area contributed by atoms with Gasteiger partial charge in [0.1, 0.15) is 23.3 Å². The number of nitrogens with one attached hydrogen (secondary N) is 1. The standard InChI is InChI=1S/C23H30ClN2O8PS/c1-13(2)32-22(29)15(4)12-35(30,34-16-8-6-5-7-9-16)31-11-17-19(27)18(24)21(33-17)26-10-14(3)20(28)25-23(26)36/h5-10,13,15,17-19,21,27H,11-12H2,1-4H3,(H,25,28,36)/t15-,17+,18-,19?,21+,35?/m1/s1. The Morgan fingerprint density at radius 1 is 1.31 bits per heavy atom. The van der Waals surface area contributed by atoms with Gasteiger partial charge in [-0.1, -0.05) is 25.1 Å². The summed E-state index contributed by atoms with van der Waals surface area (Å²) in [6.45, 7) is 6.26. The van der Waals surface area contributed by atoms with Crippen molar-refractivity contribution in [3.05, 3.63) is 57.2 Å². The minimum Gasteiger partial charge on any atom is -0.463 e. The van der Waals surface area contributed by atoms with E-state index in [2.05, 4.69) is 4.98 Å². The molecule has 0 aliphatic carbocycles. The molecule has 6 atom stereocenters. The van der Waals surface area contributed by atoms with E-state index in [0.29, 0.717) is 11.3 Å². The highest BCUT2D eigenvalue weighted by Crippen LogP contribution is 2.51. The Kier molecular flexibility index (Phi) is 9.54. The Hall–Kier alpha value is -2.01. The van der Waals surface area contributed by atoms with E-state index in [1.807, 2.05) is 0 Å². The van der Waals surface area contributed by atoms with E-state index in [9.17, 15) is 19.3 Å². The first kappa shape index (κ1) is 28.6. The van der Waals surface area contributed by atoms with Gasteiger partial charge >= 0.3 is 13.6 Å². The molecule has 0 amide bonds. The summed E-state index contributed by atoms with van der Waals surface area (Å²) >= 11 is 11.6. The summed E-state index contributed by atoms with van der Waals surface area (Å²) in [7, 11) is -3.92. The number of carbonyl (C=O) groups excluding carboxylic acids is 1. The average Bonchev–Trinajstić information content (AvgIpc) is 3.08. The maximum absolute atomic E-state index is 13.7. The zero-order chi connectivity index (χ0) is 26.6. The van der Waals surface area contributed by atoms with Crippen LogP contribution in [0, 0.1) is 17.6 Å². The van der Waals surface area contributed by atoms with Crippen LogP contribution >= 0.6 is 31.4 Å². The molecule has 1 aliphatic heterocycles. The minimum atomic E-state index is -3.92. The molecule has 2 N–H and O–H groups in total. The van der Waals surface area contributed by atoms with Crippen LogP contribution in [0.2, 0.25) is 0 Å². The van der Waals surface area contributed by atoms with Crippen molar-refractivity contribution in [1.29, 1.82) is 0 Å². The molecule has 198 valence electrons. The molecule has 3 rings (SSSR count). The highest BCUT2D eigenvalue weighted by molar-refractivity contribution is 7.71. The van der Waals surface area contributed by atoms with Gasteiger partial charge in [0, 0.05) is 11.8 Å². The molecule has 2 aromatic rings. The number of H-pyrrole nitrogens is 1. The average molecular weight is 561 g/mol. The van der Waals surface area contributed by atoms with Crippen molar-refractivity contribution in [1.82, 2.24) is 9.55 Å². The molecule has 36 heavy (non-hydrogen) atoms. The lowest BCUT2D eigenvalue weighted by molar-refractivity contribution is -0.151. The number of para-hydroxylation sites is 1. The van der Waals surface area contributed by atoms with Gasteiger partial charge in [0.15, 0.2) is 11.0 Å². The van der Waals surface area contributed by atoms with E-state index < -0.39 is 43.3 Å². The van der Waals surface area contributed by atoms with Gasteiger partial charge in [-0.3, -0.25) is 23.7 Å². The quantitative estimate of drug-likeness (QED) is 0.192. The van der Waals surface area contributed by atoms with Crippen LogP contribution in [0.4, 0.5) is 0 Å². The number of esters is 1. The number of aliphatic hydroxyl groups is 1. The molecule has 1 fully saturated rings. The van der Waals surface area contributed by atoms with E-state index in [1.54, 1.807) is 58.0 Å². The SMILES string of the molecule is Cc1cn([C@H]2O[C@@H](COP(=O)(C[C@@H](C)C(=O)OC(C)C)Oc3ccccc3)C(O)[C@H]2Cl)c(=S)[nH]c1=O. The molecule has 1 aromatic carbocycles. The Bertz CT molecular complexity index is 1220. The first-order valence-electron chi connectivity index (χ1n) is 11.4. The van der Waals surface area contributed by atoms with Crippen LogP contribution < -0.4 is 10.1 Å². The summed E-state index contributed by atoms with van der Waals surface area (Å²) in [5, 5.41) is 9.76. The van der Waals surface area contributed by atoms with E-state index >= 15 is 0 Å². The van der Waals surface area contributed by atoms with Gasteiger partial charge in [0.25, 0.3) is 5.56 Å². The number of hydrogen-bond acceptors (Lipinski definition) is 9. The molecule has 1 aromatic heterocycles. The Morgan fingerprint density at radius 3 is 2.61 bits per heavy atom. The predicted molar refractivity (Wildman–Crippen MR) is 136 cm³/mol. The molecule has 13 heteroatoms. The third kappa shape index (κ3) is 7.06. The number of carbonyl (C=O) groups is 1. The summed E-state index contributed by atoms with van der Waals surface area (Å²) in [5.74, 6) is -1.03. The van der Waals surface area contributed by atoms with E-state index in [4.69, 9.17) is 42.3 Å². The van der Waals surface area contributed by atoms with Gasteiger partial charge in [0.05, 0.1) is 24.8 Å². The first-order valence-corrected chi connectivity index (χ1v) is 14.0. The lowest BCUT2D eigenvalue weighted by Gasteiger charge is -2.24. The van der Waals surface area contributed by atoms with Gasteiger partial charge in [-0.25, -0.2) is 4.57 Å². The monoisotopic (exact) mass is 560 g/mol. The number of rotatable bonds is 10. The fraction of sp³-hybridized carbons (Fsp3) is 0.522. The molecule has 0 saturated carbocycles. The summed E-state index contributed by atoms with van der Waals surface area (Å²) in [4.78, 5) is 26.7. The summed E-state index contributed by atoms with van der Waals surface area (Å²) in [6, 6.07) is 8.41. The van der Waals surface area contributed by atoms with Crippen molar-refractivity contribution >= 4 is 37.4 Å². The summed E-state index contributed by atoms with van der Waals surface area (Å²) in [5.41, 5.74) is 0.0400. The van der Waals surface area contributed by atoms with Gasteiger partial charge in [-0.2, -0.15) is 0 Å². The van der Waals surface area contributed by atoms with Crippen molar-refractivity contribution in [2.24, 2.45) is 5.92 Å². The van der Waals surface area contributed by atoms with Gasteiger partial charge in [0.2, 0.25) is 0 Å². The second-order valence-corrected chi connectivity index (χ2v) is 11.8. The van der Waals surface area contributed by atoms with Gasteiger partial charge < -0.3 is 19.1 Å². The third-order valence-electron chi connectivity index (χ3n) is 5.39. The van der Waals surface area contributed by atoms with Crippen LogP contribution in [0.1, 0.15) is 32.6 Å². The number of halogens is 1. The van der Waals surface area contributed by atoms with Crippen LogP contribution in [0.3, 0.4) is 0 Å². The van der Waals surface area contributed by atoms with Crippen LogP contribution in [-0.4, -0.2) is 57.1 Å². The van der Waals surface area contributed by atoms with Gasteiger partial charge in [-0.05, 0) is 45.1 Å². The fourth-order valence-electron chi connectivity index (χ4n) is 3.54. The molecule has 1 saturated heterocycles. The number of benzene rings is 1. The number of alkyl halides is 1. The van der Waals surface area contributed by atoms with Crippen molar-refractivity contribution in [3.63, 3.8) is 0 Å². The fourth-order valence-corrected chi connectivity index (χ4v) is 6.01. The molecule has 0 bridgehead atoms. The number of aromatic nitrogens is 2. The highest BCUT2D eigenvalue weighted by Gasteiger charge is 2.45. The second kappa shape index (κ2) is 12.0. The zero-order valence-corrected chi connectivity index (χ0v) is 22.8. The van der Waals surface area contributed by atoms with E-state index in [1.165, 1.54) is 10.8 Å². The molecule has 10 nitrogen and oxygen atoms in total. The lowest BCUT2D eigenvalue weighted by Crippen LogP contribution is -2.31. The Balaban J connectivity index is 1.77. The van der Waals surface area contributed by atoms with Crippen LogP contribution in [-0.2, 0) is 23.4 Å². The maximum Gasteiger partial charge on any atom is 0.380 e. The largest absolute Gasteiger partial charge is 0.463 e. The lowest BCUT2D eigenvalue weighted by atomic mass is 10.2. The number of hydrogen-bond donors (Lipinski definition) is 2. The molecular weight excluding hydrogens is 531 g/mol. The van der Waals surface area contributed by atoms with E-state index in [-0.39, 0.29) is 29.2 Å². The first-order chi connectivity index (χ1) is 16.9. The zero-order valence-electron chi connectivity index (χ0n) is 20.3. The Labute approximate surface area is 219 Å².